The average molecular weight is 639 g/mol. The van der Waals surface area contributed by atoms with Gasteiger partial charge in [0, 0.05) is 28.2 Å². The van der Waals surface area contributed by atoms with Crippen molar-refractivity contribution in [2.75, 3.05) is 17.4 Å². The van der Waals surface area contributed by atoms with Crippen LogP contribution in [-0.2, 0) is 26.2 Å². The number of nitrogens with one attached hydrogen (secondary N) is 1. The highest BCUT2D eigenvalue weighted by Crippen LogP contribution is 2.30. The summed E-state index contributed by atoms with van der Waals surface area (Å²) in [6.45, 7) is 7.30. The second-order valence-electron chi connectivity index (χ2n) is 10.1. The van der Waals surface area contributed by atoms with Crippen LogP contribution < -0.4 is 9.62 Å². The fourth-order valence-electron chi connectivity index (χ4n) is 4.26. The molecule has 0 aliphatic rings. The van der Waals surface area contributed by atoms with Crippen LogP contribution in [0.1, 0.15) is 38.3 Å². The van der Waals surface area contributed by atoms with Crippen LogP contribution in [0.15, 0.2) is 71.6 Å². The van der Waals surface area contributed by atoms with E-state index in [2.05, 4.69) is 5.32 Å². The van der Waals surface area contributed by atoms with Crippen molar-refractivity contribution in [3.8, 4) is 0 Å². The first-order valence-electron chi connectivity index (χ1n) is 13.2. The van der Waals surface area contributed by atoms with Gasteiger partial charge in [-0.3, -0.25) is 13.9 Å². The first kappa shape index (κ1) is 32.7. The van der Waals surface area contributed by atoms with Gasteiger partial charge in [0.15, 0.2) is 0 Å². The number of benzene rings is 3. The Balaban J connectivity index is 2.10. The minimum atomic E-state index is -4.20. The number of carbonyl (C=O) groups is 2. The number of sulfonamides is 1. The lowest BCUT2D eigenvalue weighted by atomic mass is 10.1. The standard InChI is InChI=1S/C30H34Cl3N3O4S/c1-5-27(30(38)34-17-20(2)3)35(18-22-12-14-23(31)15-26(22)33)29(37)19-36(28-16-24(32)13-11-21(28)4)41(39,40)25-9-7-6-8-10-25/h6-16,20,27H,5,17-19H2,1-4H3,(H,34,38)/t27-/m0/s1. The highest BCUT2D eigenvalue weighted by molar-refractivity contribution is 7.92. The smallest absolute Gasteiger partial charge is 0.264 e. The van der Waals surface area contributed by atoms with Crippen LogP contribution >= 0.6 is 34.8 Å². The summed E-state index contributed by atoms with van der Waals surface area (Å²) in [6.07, 6.45) is 0.294. The number of hydrogen-bond acceptors (Lipinski definition) is 4. The van der Waals surface area contributed by atoms with Crippen molar-refractivity contribution in [3.63, 3.8) is 0 Å². The summed E-state index contributed by atoms with van der Waals surface area (Å²) >= 11 is 18.8. The Morgan fingerprint density at radius 1 is 0.927 bits per heavy atom. The molecule has 1 N–H and O–H groups in total. The van der Waals surface area contributed by atoms with Crippen molar-refractivity contribution in [2.45, 2.75) is 51.6 Å². The third-order valence-electron chi connectivity index (χ3n) is 6.48. The first-order valence-corrected chi connectivity index (χ1v) is 15.8. The molecular formula is C30H34Cl3N3O4S. The van der Waals surface area contributed by atoms with Gasteiger partial charge in [0.25, 0.3) is 10.0 Å². The zero-order valence-electron chi connectivity index (χ0n) is 23.4. The predicted molar refractivity (Wildman–Crippen MR) is 166 cm³/mol. The maximum absolute atomic E-state index is 14.2. The molecule has 0 aromatic heterocycles. The molecule has 0 bridgehead atoms. The SMILES string of the molecule is CC[C@@H](C(=O)NCC(C)C)N(Cc1ccc(Cl)cc1Cl)C(=O)CN(c1cc(Cl)ccc1C)S(=O)(=O)c1ccccc1. The van der Waals surface area contributed by atoms with Gasteiger partial charge in [0.1, 0.15) is 12.6 Å². The fourth-order valence-corrected chi connectivity index (χ4v) is 6.39. The molecule has 41 heavy (non-hydrogen) atoms. The van der Waals surface area contributed by atoms with E-state index in [0.29, 0.717) is 39.2 Å². The molecule has 0 saturated carbocycles. The zero-order valence-corrected chi connectivity index (χ0v) is 26.5. The molecule has 220 valence electrons. The van der Waals surface area contributed by atoms with Crippen molar-refractivity contribution in [2.24, 2.45) is 5.92 Å². The van der Waals surface area contributed by atoms with E-state index < -0.39 is 28.5 Å². The van der Waals surface area contributed by atoms with Crippen molar-refractivity contribution >= 4 is 62.3 Å². The Hall–Kier alpha value is -2.78. The summed E-state index contributed by atoms with van der Waals surface area (Å²) in [6, 6.07) is 16.7. The van der Waals surface area contributed by atoms with E-state index in [0.717, 1.165) is 4.31 Å². The Labute approximate surface area is 257 Å². The van der Waals surface area contributed by atoms with Gasteiger partial charge in [-0.2, -0.15) is 0 Å². The molecule has 0 saturated heterocycles. The number of anilines is 1. The molecule has 0 heterocycles. The van der Waals surface area contributed by atoms with Crippen molar-refractivity contribution in [3.05, 3.63) is 92.9 Å². The molecule has 3 aromatic carbocycles. The summed E-state index contributed by atoms with van der Waals surface area (Å²) in [5, 5.41) is 3.97. The number of halogens is 3. The Bertz CT molecular complexity index is 1480. The number of amides is 2. The average Bonchev–Trinajstić information content (AvgIpc) is 2.93. The summed E-state index contributed by atoms with van der Waals surface area (Å²) < 4.78 is 28.9. The van der Waals surface area contributed by atoms with Crippen molar-refractivity contribution in [1.82, 2.24) is 10.2 Å². The van der Waals surface area contributed by atoms with Crippen molar-refractivity contribution < 1.29 is 18.0 Å². The molecule has 0 fully saturated rings. The molecule has 0 aliphatic carbocycles. The molecule has 11 heteroatoms. The lowest BCUT2D eigenvalue weighted by Crippen LogP contribution is -2.52. The quantitative estimate of drug-likeness (QED) is 0.238. The molecule has 1 atom stereocenters. The van der Waals surface area contributed by atoms with E-state index in [9.17, 15) is 18.0 Å². The Kier molecular flexibility index (Phi) is 11.5. The summed E-state index contributed by atoms with van der Waals surface area (Å²) in [7, 11) is -4.20. The normalized spacial score (nSPS) is 12.2. The van der Waals surface area contributed by atoms with Crippen LogP contribution in [0.25, 0.3) is 0 Å². The Morgan fingerprint density at radius 2 is 1.56 bits per heavy atom. The first-order chi connectivity index (χ1) is 19.3. The van der Waals surface area contributed by atoms with Gasteiger partial charge in [-0.05, 0) is 66.8 Å². The molecule has 7 nitrogen and oxygen atoms in total. The maximum Gasteiger partial charge on any atom is 0.264 e. The van der Waals surface area contributed by atoms with E-state index in [-0.39, 0.29) is 29.0 Å². The van der Waals surface area contributed by atoms with Crippen LogP contribution in [-0.4, -0.2) is 44.3 Å². The van der Waals surface area contributed by atoms with Gasteiger partial charge in [-0.25, -0.2) is 8.42 Å². The third kappa shape index (κ3) is 8.38. The van der Waals surface area contributed by atoms with Crippen molar-refractivity contribution in [1.29, 1.82) is 0 Å². The fraction of sp³-hybridized carbons (Fsp3) is 0.333. The van der Waals surface area contributed by atoms with E-state index >= 15 is 0 Å². The second-order valence-corrected chi connectivity index (χ2v) is 13.2. The van der Waals surface area contributed by atoms with E-state index in [1.165, 1.54) is 23.1 Å². The van der Waals surface area contributed by atoms with Crippen LogP contribution in [0.3, 0.4) is 0 Å². The molecule has 3 aromatic rings. The van der Waals surface area contributed by atoms with Gasteiger partial charge in [-0.15, -0.1) is 0 Å². The van der Waals surface area contributed by atoms with Gasteiger partial charge >= 0.3 is 0 Å². The molecule has 3 rings (SSSR count). The molecule has 2 amide bonds. The monoisotopic (exact) mass is 637 g/mol. The van der Waals surface area contributed by atoms with E-state index in [1.807, 2.05) is 13.8 Å². The number of carbonyl (C=O) groups excluding carboxylic acids is 2. The summed E-state index contributed by atoms with van der Waals surface area (Å²) in [4.78, 5) is 28.9. The summed E-state index contributed by atoms with van der Waals surface area (Å²) in [5.74, 6) is -0.721. The number of hydrogen-bond donors (Lipinski definition) is 1. The van der Waals surface area contributed by atoms with Crippen LogP contribution in [0.2, 0.25) is 15.1 Å². The lowest BCUT2D eigenvalue weighted by molar-refractivity contribution is -0.140. The van der Waals surface area contributed by atoms with Gasteiger partial charge in [0.05, 0.1) is 10.6 Å². The van der Waals surface area contributed by atoms with E-state index in [4.69, 9.17) is 34.8 Å². The minimum absolute atomic E-state index is 0.0150. The number of aryl methyl sites for hydroxylation is 1. The molecule has 0 radical (unpaired) electrons. The highest BCUT2D eigenvalue weighted by atomic mass is 35.5. The number of rotatable bonds is 12. The minimum Gasteiger partial charge on any atom is -0.354 e. The van der Waals surface area contributed by atoms with Crippen LogP contribution in [0, 0.1) is 12.8 Å². The number of nitrogens with zero attached hydrogens (tertiary/aromatic N) is 2. The molecule has 0 aliphatic heterocycles. The van der Waals surface area contributed by atoms with Gasteiger partial charge < -0.3 is 10.2 Å². The van der Waals surface area contributed by atoms with E-state index in [1.54, 1.807) is 62.4 Å². The molecule has 0 spiro atoms. The van der Waals surface area contributed by atoms with Gasteiger partial charge in [0.2, 0.25) is 11.8 Å². The third-order valence-corrected chi connectivity index (χ3v) is 9.07. The predicted octanol–water partition coefficient (Wildman–Crippen LogP) is 6.73. The zero-order chi connectivity index (χ0) is 30.3. The second kappa shape index (κ2) is 14.4. The molecular weight excluding hydrogens is 605 g/mol. The highest BCUT2D eigenvalue weighted by Gasteiger charge is 2.34. The summed E-state index contributed by atoms with van der Waals surface area (Å²) in [5.41, 5.74) is 1.43. The molecule has 0 unspecified atom stereocenters. The van der Waals surface area contributed by atoms with Gasteiger partial charge in [-0.1, -0.05) is 85.9 Å². The topological polar surface area (TPSA) is 86.8 Å². The van der Waals surface area contributed by atoms with Crippen LogP contribution in [0.5, 0.6) is 0 Å². The van der Waals surface area contributed by atoms with Crippen LogP contribution in [0.4, 0.5) is 5.69 Å². The maximum atomic E-state index is 14.2. The Morgan fingerprint density at radius 3 is 2.17 bits per heavy atom. The lowest BCUT2D eigenvalue weighted by Gasteiger charge is -2.34. The largest absolute Gasteiger partial charge is 0.354 e.